The molecule has 0 fully saturated rings. The second kappa shape index (κ2) is 43.4. The van der Waals surface area contributed by atoms with Gasteiger partial charge in [-0.15, -0.1) is 0 Å². The van der Waals surface area contributed by atoms with Crippen LogP contribution in [0.1, 0.15) is 219 Å². The highest BCUT2D eigenvalue weighted by atomic mass is 31.2. The number of carboxylic acid groups (broad SMARTS) is 1. The molecule has 0 bridgehead atoms. The maximum Gasteiger partial charge on any atom is 0.472 e. The summed E-state index contributed by atoms with van der Waals surface area (Å²) in [6, 6.07) is -1.55. The Morgan fingerprint density at radius 2 is 0.917 bits per heavy atom. The molecule has 0 rings (SSSR count). The van der Waals surface area contributed by atoms with E-state index in [2.05, 4.69) is 55.6 Å². The molecule has 0 radical (unpaired) electrons. The van der Waals surface area contributed by atoms with Crippen molar-refractivity contribution < 1.29 is 47.8 Å². The van der Waals surface area contributed by atoms with Crippen molar-refractivity contribution in [3.05, 3.63) is 36.5 Å². The SMILES string of the molecule is CCCCCC/C=C\C/C=C\CCCCCCCCCC(=O)OCC(O)COP(=O)(O)OCC(NC(=O)CCCCCCCCC/C=C\CCCCCCCCC)C(=O)O. The minimum absolute atomic E-state index is 0.141. The van der Waals surface area contributed by atoms with Gasteiger partial charge in [0.25, 0.3) is 0 Å². The molecule has 0 saturated heterocycles. The lowest BCUT2D eigenvalue weighted by Gasteiger charge is -2.18. The number of allylic oxidation sites excluding steroid dienone is 6. The van der Waals surface area contributed by atoms with E-state index in [1.807, 2.05) is 0 Å². The summed E-state index contributed by atoms with van der Waals surface area (Å²) in [5, 5.41) is 21.9. The van der Waals surface area contributed by atoms with E-state index in [0.717, 1.165) is 64.2 Å². The number of carbonyl (C=O) groups excluding carboxylic acids is 2. The number of ether oxygens (including phenoxy) is 1. The van der Waals surface area contributed by atoms with Crippen LogP contribution < -0.4 is 5.32 Å². The molecule has 0 aliphatic heterocycles. The average Bonchev–Trinajstić information content (AvgIpc) is 3.22. The van der Waals surface area contributed by atoms with Crippen molar-refractivity contribution in [2.75, 3.05) is 19.8 Å². The summed E-state index contributed by atoms with van der Waals surface area (Å²) in [7, 11) is -4.76. The fourth-order valence-corrected chi connectivity index (χ4v) is 7.41. The van der Waals surface area contributed by atoms with Gasteiger partial charge >= 0.3 is 19.8 Å². The Kier molecular flexibility index (Phi) is 41.7. The summed E-state index contributed by atoms with van der Waals surface area (Å²) in [6.07, 6.45) is 47.3. The van der Waals surface area contributed by atoms with E-state index in [4.69, 9.17) is 13.8 Å². The first kappa shape index (κ1) is 57.7. The molecule has 0 aliphatic rings. The number of phosphoric acid groups is 1. The molecular weight excluding hydrogens is 781 g/mol. The number of unbranched alkanes of at least 4 members (excludes halogenated alkanes) is 25. The molecule has 1 amide bonds. The Bertz CT molecular complexity index is 1160. The summed E-state index contributed by atoms with van der Waals surface area (Å²) in [6.45, 7) is 2.58. The van der Waals surface area contributed by atoms with Gasteiger partial charge in [0, 0.05) is 12.8 Å². The minimum Gasteiger partial charge on any atom is -0.480 e. The summed E-state index contributed by atoms with van der Waals surface area (Å²) in [5.41, 5.74) is 0. The zero-order valence-electron chi connectivity index (χ0n) is 38.0. The van der Waals surface area contributed by atoms with Crippen molar-refractivity contribution in [1.82, 2.24) is 5.32 Å². The van der Waals surface area contributed by atoms with Gasteiger partial charge in [0.1, 0.15) is 12.7 Å². The lowest BCUT2D eigenvalue weighted by Crippen LogP contribution is -2.43. The zero-order chi connectivity index (χ0) is 44.2. The number of aliphatic hydroxyl groups is 1. The number of phosphoric ester groups is 1. The number of esters is 1. The third-order valence-corrected chi connectivity index (χ3v) is 11.4. The number of carboxylic acids is 1. The lowest BCUT2D eigenvalue weighted by atomic mass is 10.1. The number of nitrogens with one attached hydrogen (secondary N) is 1. The van der Waals surface area contributed by atoms with Crippen LogP contribution in [0.25, 0.3) is 0 Å². The molecule has 11 nitrogen and oxygen atoms in total. The topological polar surface area (TPSA) is 169 Å². The molecular formula is C48H88NO10P. The van der Waals surface area contributed by atoms with Crippen molar-refractivity contribution in [2.24, 2.45) is 0 Å². The predicted molar refractivity (Wildman–Crippen MR) is 245 cm³/mol. The van der Waals surface area contributed by atoms with Crippen LogP contribution in [0.3, 0.4) is 0 Å². The van der Waals surface area contributed by atoms with Crippen molar-refractivity contribution in [3.8, 4) is 0 Å². The Labute approximate surface area is 365 Å². The van der Waals surface area contributed by atoms with Gasteiger partial charge < -0.3 is 25.2 Å². The minimum atomic E-state index is -4.76. The number of aliphatic hydroxyl groups excluding tert-OH is 1. The Balaban J connectivity index is 3.87. The van der Waals surface area contributed by atoms with Crippen LogP contribution in [0.2, 0.25) is 0 Å². The van der Waals surface area contributed by atoms with Gasteiger partial charge in [-0.2, -0.15) is 0 Å². The average molecular weight is 870 g/mol. The van der Waals surface area contributed by atoms with Gasteiger partial charge in [-0.05, 0) is 70.6 Å². The number of hydrogen-bond acceptors (Lipinski definition) is 8. The Morgan fingerprint density at radius 1 is 0.533 bits per heavy atom. The van der Waals surface area contributed by atoms with E-state index in [-0.39, 0.29) is 12.8 Å². The fourth-order valence-electron chi connectivity index (χ4n) is 6.63. The van der Waals surface area contributed by atoms with E-state index in [0.29, 0.717) is 12.8 Å². The molecule has 0 aromatic rings. The van der Waals surface area contributed by atoms with Gasteiger partial charge in [0.05, 0.1) is 13.2 Å². The largest absolute Gasteiger partial charge is 0.480 e. The van der Waals surface area contributed by atoms with E-state index in [1.54, 1.807) is 0 Å². The molecule has 0 heterocycles. The van der Waals surface area contributed by atoms with Gasteiger partial charge in [-0.25, -0.2) is 9.36 Å². The zero-order valence-corrected chi connectivity index (χ0v) is 38.9. The molecule has 0 spiro atoms. The van der Waals surface area contributed by atoms with E-state index >= 15 is 0 Å². The van der Waals surface area contributed by atoms with Gasteiger partial charge in [0.2, 0.25) is 5.91 Å². The molecule has 3 atom stereocenters. The van der Waals surface area contributed by atoms with Gasteiger partial charge in [-0.1, -0.05) is 172 Å². The van der Waals surface area contributed by atoms with Crippen LogP contribution in [-0.2, 0) is 32.7 Å². The lowest BCUT2D eigenvalue weighted by molar-refractivity contribution is -0.147. The highest BCUT2D eigenvalue weighted by Crippen LogP contribution is 2.43. The van der Waals surface area contributed by atoms with Crippen LogP contribution >= 0.6 is 7.82 Å². The normalized spacial score (nSPS) is 13.9. The van der Waals surface area contributed by atoms with Crippen molar-refractivity contribution >= 4 is 25.7 Å². The molecule has 0 saturated carbocycles. The number of aliphatic carboxylic acids is 1. The predicted octanol–water partition coefficient (Wildman–Crippen LogP) is 12.8. The van der Waals surface area contributed by atoms with E-state index in [1.165, 1.54) is 116 Å². The van der Waals surface area contributed by atoms with Crippen LogP contribution in [-0.4, -0.2) is 64.9 Å². The highest BCUT2D eigenvalue weighted by molar-refractivity contribution is 7.47. The van der Waals surface area contributed by atoms with Gasteiger partial charge in [-0.3, -0.25) is 18.6 Å². The highest BCUT2D eigenvalue weighted by Gasteiger charge is 2.28. The monoisotopic (exact) mass is 870 g/mol. The molecule has 4 N–H and O–H groups in total. The summed E-state index contributed by atoms with van der Waals surface area (Å²) in [5.74, 6) is -2.38. The van der Waals surface area contributed by atoms with Crippen molar-refractivity contribution in [2.45, 2.75) is 231 Å². The molecule has 60 heavy (non-hydrogen) atoms. The standard InChI is InChI=1S/C48H88NO10P/c1-3-5-7-9-11-13-15-17-19-21-23-25-27-29-31-33-35-37-39-46(51)49-45(48(53)54)43-59-60(55,56)58-42-44(50)41-57-47(52)40-38-36-34-32-30-28-26-24-22-20-18-16-14-12-10-8-6-4-2/h14,16,19-22,44-45,50H,3-13,15,17-18,23-43H2,1-2H3,(H,49,51)(H,53,54)(H,55,56)/b16-14-,21-19-,22-20-. The third-order valence-electron chi connectivity index (χ3n) is 10.4. The number of hydrogen-bond donors (Lipinski definition) is 4. The Morgan fingerprint density at radius 3 is 1.38 bits per heavy atom. The summed E-state index contributed by atoms with van der Waals surface area (Å²) >= 11 is 0. The summed E-state index contributed by atoms with van der Waals surface area (Å²) < 4.78 is 26.9. The van der Waals surface area contributed by atoms with Crippen LogP contribution in [0, 0.1) is 0 Å². The van der Waals surface area contributed by atoms with Crippen molar-refractivity contribution in [1.29, 1.82) is 0 Å². The first-order valence-corrected chi connectivity index (χ1v) is 25.5. The van der Waals surface area contributed by atoms with Crippen LogP contribution in [0.15, 0.2) is 36.5 Å². The van der Waals surface area contributed by atoms with Crippen molar-refractivity contribution in [3.63, 3.8) is 0 Å². The van der Waals surface area contributed by atoms with E-state index < -0.39 is 57.6 Å². The number of amides is 1. The van der Waals surface area contributed by atoms with E-state index in [9.17, 15) is 34.1 Å². The molecule has 12 heteroatoms. The number of carbonyl (C=O) groups is 3. The Hall–Kier alpha value is -2.30. The fraction of sp³-hybridized carbons (Fsp3) is 0.812. The molecule has 0 aliphatic carbocycles. The third kappa shape index (κ3) is 42.4. The smallest absolute Gasteiger partial charge is 0.472 e. The first-order chi connectivity index (χ1) is 29.1. The molecule has 3 unspecified atom stereocenters. The molecule has 0 aromatic heterocycles. The van der Waals surface area contributed by atoms with Crippen LogP contribution in [0.5, 0.6) is 0 Å². The maximum absolute atomic E-state index is 12.3. The van der Waals surface area contributed by atoms with Crippen LogP contribution in [0.4, 0.5) is 0 Å². The second-order valence-electron chi connectivity index (χ2n) is 16.3. The summed E-state index contributed by atoms with van der Waals surface area (Å²) in [4.78, 5) is 46.0. The first-order valence-electron chi connectivity index (χ1n) is 24.0. The second-order valence-corrected chi connectivity index (χ2v) is 17.7. The molecule has 0 aromatic carbocycles. The molecule has 350 valence electrons. The quantitative estimate of drug-likeness (QED) is 0.0200. The number of rotatable bonds is 45. The maximum atomic E-state index is 12.3. The van der Waals surface area contributed by atoms with Gasteiger partial charge in [0.15, 0.2) is 6.04 Å².